The van der Waals surface area contributed by atoms with Crippen LogP contribution in [0.4, 0.5) is 0 Å². The first-order chi connectivity index (χ1) is 12.1. The zero-order valence-corrected chi connectivity index (χ0v) is 14.6. The minimum Gasteiger partial charge on any atom is -0.481 e. The van der Waals surface area contributed by atoms with Crippen LogP contribution in [0, 0.1) is 0 Å². The van der Waals surface area contributed by atoms with Crippen LogP contribution in [-0.4, -0.2) is 70.6 Å². The van der Waals surface area contributed by atoms with Gasteiger partial charge in [0.25, 0.3) is 0 Å². The fourth-order valence-electron chi connectivity index (χ4n) is 2.36. The van der Waals surface area contributed by atoms with Crippen molar-refractivity contribution in [3.05, 3.63) is 0 Å². The lowest BCUT2D eigenvalue weighted by atomic mass is 10.1. The Morgan fingerprint density at radius 2 is 1.58 bits per heavy atom. The van der Waals surface area contributed by atoms with Crippen molar-refractivity contribution in [1.29, 1.82) is 0 Å². The first-order valence-electron chi connectivity index (χ1n) is 8.21. The summed E-state index contributed by atoms with van der Waals surface area (Å²) in [7, 11) is 0. The van der Waals surface area contributed by atoms with Crippen molar-refractivity contribution in [3.63, 3.8) is 0 Å². The van der Waals surface area contributed by atoms with Gasteiger partial charge in [-0.2, -0.15) is 0 Å². The Kier molecular flexibility index (Phi) is 7.97. The molecule has 11 heteroatoms. The quantitative estimate of drug-likeness (QED) is 0.264. The number of hydrogen-bond donors (Lipinski definition) is 6. The van der Waals surface area contributed by atoms with Crippen molar-refractivity contribution < 1.29 is 34.2 Å². The minimum atomic E-state index is -1.61. The molecule has 26 heavy (non-hydrogen) atoms. The van der Waals surface area contributed by atoms with Gasteiger partial charge >= 0.3 is 11.9 Å². The van der Waals surface area contributed by atoms with Crippen molar-refractivity contribution in [2.45, 2.75) is 57.3 Å². The van der Waals surface area contributed by atoms with Crippen molar-refractivity contribution in [2.24, 2.45) is 0 Å². The molecule has 11 nitrogen and oxygen atoms in total. The normalized spacial score (nSPS) is 19.7. The summed E-state index contributed by atoms with van der Waals surface area (Å²) in [6, 6.07) is -3.96. The second kappa shape index (κ2) is 9.70. The molecule has 0 saturated carbocycles. The van der Waals surface area contributed by atoms with E-state index in [9.17, 15) is 24.0 Å². The summed E-state index contributed by atoms with van der Waals surface area (Å²) in [6.45, 7) is 3.51. The summed E-state index contributed by atoms with van der Waals surface area (Å²) in [4.78, 5) is 57.5. The minimum absolute atomic E-state index is 0.311. The number of carboxylic acid groups (broad SMARTS) is 2. The molecule has 0 radical (unpaired) electrons. The maximum atomic E-state index is 12.1. The number of nitrogens with one attached hydrogen (secondary N) is 4. The van der Waals surface area contributed by atoms with Crippen LogP contribution < -0.4 is 21.3 Å². The predicted molar refractivity (Wildman–Crippen MR) is 88.1 cm³/mol. The predicted octanol–water partition coefficient (Wildman–Crippen LogP) is -2.21. The van der Waals surface area contributed by atoms with Crippen LogP contribution in [0.3, 0.4) is 0 Å². The third kappa shape index (κ3) is 6.67. The smallest absolute Gasteiger partial charge is 0.326 e. The van der Waals surface area contributed by atoms with Gasteiger partial charge in [-0.1, -0.05) is 0 Å². The molecule has 0 bridgehead atoms. The molecule has 146 valence electrons. The maximum Gasteiger partial charge on any atom is 0.326 e. The molecule has 0 spiro atoms. The van der Waals surface area contributed by atoms with Gasteiger partial charge in [-0.25, -0.2) is 4.79 Å². The van der Waals surface area contributed by atoms with E-state index in [2.05, 4.69) is 16.0 Å². The van der Waals surface area contributed by atoms with Crippen LogP contribution in [-0.2, 0) is 24.0 Å². The maximum absolute atomic E-state index is 12.1. The Labute approximate surface area is 149 Å². The van der Waals surface area contributed by atoms with E-state index in [0.717, 1.165) is 13.0 Å². The van der Waals surface area contributed by atoms with Crippen LogP contribution in [0.1, 0.15) is 33.1 Å². The number of carboxylic acids is 2. The van der Waals surface area contributed by atoms with E-state index >= 15 is 0 Å². The van der Waals surface area contributed by atoms with Crippen molar-refractivity contribution in [1.82, 2.24) is 21.3 Å². The SMILES string of the molecule is CC(NC(=O)C(C)NC(=O)C1CCCN1)C(=O)NC(CC(=O)O)C(=O)O. The first-order valence-corrected chi connectivity index (χ1v) is 8.21. The molecule has 1 fully saturated rings. The summed E-state index contributed by atoms with van der Waals surface area (Å²) >= 11 is 0. The number of amides is 3. The molecule has 1 rings (SSSR count). The van der Waals surface area contributed by atoms with Gasteiger partial charge in [0.05, 0.1) is 12.5 Å². The lowest BCUT2D eigenvalue weighted by Gasteiger charge is -2.21. The third-order valence-corrected chi connectivity index (χ3v) is 3.87. The highest BCUT2D eigenvalue weighted by atomic mass is 16.4. The first kappa shape index (κ1) is 21.4. The molecule has 1 saturated heterocycles. The average Bonchev–Trinajstić information content (AvgIpc) is 3.07. The molecule has 1 aliphatic heterocycles. The van der Waals surface area contributed by atoms with Gasteiger partial charge in [-0.05, 0) is 33.2 Å². The van der Waals surface area contributed by atoms with E-state index < -0.39 is 48.3 Å². The second-order valence-corrected chi connectivity index (χ2v) is 6.11. The topological polar surface area (TPSA) is 174 Å². The van der Waals surface area contributed by atoms with E-state index in [1.54, 1.807) is 0 Å². The highest BCUT2D eigenvalue weighted by molar-refractivity contribution is 5.94. The van der Waals surface area contributed by atoms with Gasteiger partial charge in [-0.15, -0.1) is 0 Å². The molecule has 0 aromatic carbocycles. The fraction of sp³-hybridized carbons (Fsp3) is 0.667. The molecule has 3 amide bonds. The molecular weight excluding hydrogens is 348 g/mol. The van der Waals surface area contributed by atoms with Crippen LogP contribution in [0.5, 0.6) is 0 Å². The van der Waals surface area contributed by atoms with Crippen LogP contribution in [0.15, 0.2) is 0 Å². The number of rotatable bonds is 9. The fourth-order valence-corrected chi connectivity index (χ4v) is 2.36. The third-order valence-electron chi connectivity index (χ3n) is 3.87. The highest BCUT2D eigenvalue weighted by Gasteiger charge is 2.28. The van der Waals surface area contributed by atoms with Crippen molar-refractivity contribution in [3.8, 4) is 0 Å². The van der Waals surface area contributed by atoms with Gasteiger partial charge < -0.3 is 31.5 Å². The monoisotopic (exact) mass is 372 g/mol. The van der Waals surface area contributed by atoms with E-state index in [-0.39, 0.29) is 11.9 Å². The summed E-state index contributed by atoms with van der Waals surface area (Å²) in [6.07, 6.45) is 0.763. The Hall–Kier alpha value is -2.69. The lowest BCUT2D eigenvalue weighted by Crippen LogP contribution is -2.55. The Morgan fingerprint density at radius 1 is 1.00 bits per heavy atom. The standard InChI is InChI=1S/C15H24N4O7/c1-7(18-14(24)9-4-3-5-16-9)12(22)17-8(2)13(23)19-10(15(25)26)6-11(20)21/h7-10,16H,3-6H2,1-2H3,(H,17,22)(H,18,24)(H,19,23)(H,20,21)(H,25,26). The van der Waals surface area contributed by atoms with E-state index in [1.807, 2.05) is 5.32 Å². The average molecular weight is 372 g/mol. The highest BCUT2D eigenvalue weighted by Crippen LogP contribution is 2.05. The number of aliphatic carboxylic acids is 2. The molecular formula is C15H24N4O7. The molecule has 4 unspecified atom stereocenters. The molecule has 0 aromatic rings. The van der Waals surface area contributed by atoms with Crippen LogP contribution in [0.25, 0.3) is 0 Å². The van der Waals surface area contributed by atoms with E-state index in [4.69, 9.17) is 10.2 Å². The number of hydrogen-bond acceptors (Lipinski definition) is 6. The van der Waals surface area contributed by atoms with Gasteiger partial charge in [0, 0.05) is 0 Å². The van der Waals surface area contributed by atoms with Gasteiger partial charge in [0.2, 0.25) is 17.7 Å². The molecule has 4 atom stereocenters. The van der Waals surface area contributed by atoms with Crippen molar-refractivity contribution in [2.75, 3.05) is 6.54 Å². The summed E-state index contributed by atoms with van der Waals surface area (Å²) in [5, 5.41) is 27.5. The van der Waals surface area contributed by atoms with Gasteiger partial charge in [-0.3, -0.25) is 19.2 Å². The molecule has 1 heterocycles. The molecule has 6 N–H and O–H groups in total. The number of carbonyl (C=O) groups excluding carboxylic acids is 3. The van der Waals surface area contributed by atoms with Gasteiger partial charge in [0.1, 0.15) is 18.1 Å². The Morgan fingerprint density at radius 3 is 2.08 bits per heavy atom. The zero-order valence-electron chi connectivity index (χ0n) is 14.6. The molecule has 0 aliphatic carbocycles. The Bertz CT molecular complexity index is 574. The number of carbonyl (C=O) groups is 5. The Balaban J connectivity index is 2.50. The van der Waals surface area contributed by atoms with Gasteiger partial charge in [0.15, 0.2) is 0 Å². The van der Waals surface area contributed by atoms with Crippen molar-refractivity contribution >= 4 is 29.7 Å². The molecule has 1 aliphatic rings. The van der Waals surface area contributed by atoms with E-state index in [1.165, 1.54) is 13.8 Å². The van der Waals surface area contributed by atoms with Crippen LogP contribution >= 0.6 is 0 Å². The largest absolute Gasteiger partial charge is 0.481 e. The summed E-state index contributed by atoms with van der Waals surface area (Å²) in [5.41, 5.74) is 0. The summed E-state index contributed by atoms with van der Waals surface area (Å²) in [5.74, 6) is -4.66. The second-order valence-electron chi connectivity index (χ2n) is 6.11. The van der Waals surface area contributed by atoms with Crippen LogP contribution in [0.2, 0.25) is 0 Å². The summed E-state index contributed by atoms with van der Waals surface area (Å²) < 4.78 is 0. The lowest BCUT2D eigenvalue weighted by molar-refractivity contribution is -0.147. The van der Waals surface area contributed by atoms with E-state index in [0.29, 0.717) is 6.42 Å². The zero-order chi connectivity index (χ0) is 19.9. The molecule has 0 aromatic heterocycles.